The Labute approximate surface area is 189 Å². The number of carbonyl (C=O) groups is 2. The van der Waals surface area contributed by atoms with Gasteiger partial charge in [-0.3, -0.25) is 4.79 Å². The van der Waals surface area contributed by atoms with Crippen LogP contribution < -0.4 is 0 Å². The van der Waals surface area contributed by atoms with Gasteiger partial charge in [0.15, 0.2) is 12.4 Å². The molecular weight excluding hydrogens is 433 g/mol. The molecule has 0 aliphatic carbocycles. The molecule has 0 N–H and O–H groups in total. The van der Waals surface area contributed by atoms with Crippen molar-refractivity contribution in [2.75, 3.05) is 6.61 Å². The van der Waals surface area contributed by atoms with Crippen molar-refractivity contribution in [2.45, 2.75) is 6.92 Å². The average Bonchev–Trinajstić information content (AvgIpc) is 2.80. The third kappa shape index (κ3) is 4.46. The second-order valence-corrected chi connectivity index (χ2v) is 7.84. The van der Waals surface area contributed by atoms with E-state index in [0.717, 1.165) is 11.1 Å². The number of fused-ring (bicyclic) bond motifs is 1. The number of pyridine rings is 1. The summed E-state index contributed by atoms with van der Waals surface area (Å²) >= 11 is 12.3. The Kier molecular flexibility index (Phi) is 6.03. The predicted octanol–water partition coefficient (Wildman–Crippen LogP) is 6.56. The summed E-state index contributed by atoms with van der Waals surface area (Å²) < 4.78 is 5.36. The van der Waals surface area contributed by atoms with Crippen LogP contribution in [-0.4, -0.2) is 23.3 Å². The number of ketones is 1. The van der Waals surface area contributed by atoms with Gasteiger partial charge in [0.1, 0.15) is 0 Å². The monoisotopic (exact) mass is 449 g/mol. The van der Waals surface area contributed by atoms with Crippen LogP contribution >= 0.6 is 23.2 Å². The van der Waals surface area contributed by atoms with Gasteiger partial charge < -0.3 is 4.74 Å². The van der Waals surface area contributed by atoms with Crippen molar-refractivity contribution >= 4 is 45.9 Å². The van der Waals surface area contributed by atoms with Gasteiger partial charge in [0.25, 0.3) is 0 Å². The van der Waals surface area contributed by atoms with Gasteiger partial charge in [0, 0.05) is 26.6 Å². The van der Waals surface area contributed by atoms with Crippen molar-refractivity contribution in [3.8, 4) is 11.3 Å². The first-order valence-electron chi connectivity index (χ1n) is 9.55. The highest BCUT2D eigenvalue weighted by atomic mass is 35.5. The quantitative estimate of drug-likeness (QED) is 0.255. The van der Waals surface area contributed by atoms with Crippen LogP contribution in [0.2, 0.25) is 10.0 Å². The van der Waals surface area contributed by atoms with Gasteiger partial charge in [-0.25, -0.2) is 9.78 Å². The molecule has 0 aliphatic rings. The zero-order chi connectivity index (χ0) is 22.0. The van der Waals surface area contributed by atoms with Crippen LogP contribution in [0.3, 0.4) is 0 Å². The number of nitrogens with zero attached hydrogens (tertiary/aromatic N) is 1. The van der Waals surface area contributed by atoms with Crippen molar-refractivity contribution < 1.29 is 14.3 Å². The molecule has 0 atom stereocenters. The van der Waals surface area contributed by atoms with Crippen molar-refractivity contribution in [2.24, 2.45) is 0 Å². The third-order valence-electron chi connectivity index (χ3n) is 4.96. The third-order valence-corrected chi connectivity index (χ3v) is 5.62. The molecule has 4 nitrogen and oxygen atoms in total. The van der Waals surface area contributed by atoms with Crippen molar-refractivity contribution in [1.82, 2.24) is 4.98 Å². The van der Waals surface area contributed by atoms with Crippen molar-refractivity contribution in [1.29, 1.82) is 0 Å². The fourth-order valence-corrected chi connectivity index (χ4v) is 3.54. The number of aromatic nitrogens is 1. The number of carbonyl (C=O) groups excluding carboxylic acids is 2. The Morgan fingerprint density at radius 2 is 1.65 bits per heavy atom. The van der Waals surface area contributed by atoms with E-state index in [4.69, 9.17) is 32.9 Å². The fourth-order valence-electron chi connectivity index (χ4n) is 3.26. The van der Waals surface area contributed by atoms with Crippen molar-refractivity contribution in [3.05, 3.63) is 99.5 Å². The molecule has 0 saturated heterocycles. The lowest BCUT2D eigenvalue weighted by molar-refractivity contribution is 0.0476. The van der Waals surface area contributed by atoms with Gasteiger partial charge in [-0.1, -0.05) is 71.7 Å². The number of esters is 1. The van der Waals surface area contributed by atoms with E-state index in [9.17, 15) is 9.59 Å². The number of ether oxygens (including phenoxy) is 1. The number of aryl methyl sites for hydroxylation is 1. The highest BCUT2D eigenvalue weighted by molar-refractivity contribution is 6.32. The number of hydrogen-bond donors (Lipinski definition) is 0. The Bertz CT molecular complexity index is 1290. The molecule has 3 aromatic carbocycles. The van der Waals surface area contributed by atoms with Crippen LogP contribution in [0.5, 0.6) is 0 Å². The maximum absolute atomic E-state index is 13.0. The first kappa shape index (κ1) is 21.0. The van der Waals surface area contributed by atoms with E-state index in [-0.39, 0.29) is 12.4 Å². The Balaban J connectivity index is 1.73. The van der Waals surface area contributed by atoms with Gasteiger partial charge in [-0.05, 0) is 36.8 Å². The minimum absolute atomic E-state index is 0.274. The van der Waals surface area contributed by atoms with E-state index in [1.54, 1.807) is 54.6 Å². The normalized spacial score (nSPS) is 10.8. The van der Waals surface area contributed by atoms with E-state index < -0.39 is 5.97 Å². The van der Waals surface area contributed by atoms with E-state index in [0.29, 0.717) is 37.8 Å². The molecule has 0 bridgehead atoms. The summed E-state index contributed by atoms with van der Waals surface area (Å²) in [6, 6.07) is 21.0. The zero-order valence-corrected chi connectivity index (χ0v) is 18.1. The smallest absolute Gasteiger partial charge is 0.339 e. The zero-order valence-electron chi connectivity index (χ0n) is 16.6. The topological polar surface area (TPSA) is 56.3 Å². The lowest BCUT2D eigenvalue weighted by Gasteiger charge is -2.12. The standard InChI is InChI=1S/C25H17Cl2NO3/c1-15-21(27)12-11-19-20(25(30)31-14-23(29)17-5-3-2-4-6-17)13-22(28-24(15)19)16-7-9-18(26)10-8-16/h2-13H,14H2,1H3. The average molecular weight is 450 g/mol. The summed E-state index contributed by atoms with van der Waals surface area (Å²) in [5, 5.41) is 1.76. The molecule has 4 aromatic rings. The summed E-state index contributed by atoms with van der Waals surface area (Å²) in [4.78, 5) is 30.0. The molecule has 0 unspecified atom stereocenters. The molecule has 0 fully saturated rings. The lowest BCUT2D eigenvalue weighted by Crippen LogP contribution is -2.15. The first-order valence-corrected chi connectivity index (χ1v) is 10.3. The fraction of sp³-hybridized carbons (Fsp3) is 0.0800. The molecular formula is C25H17Cl2NO3. The number of hydrogen-bond acceptors (Lipinski definition) is 4. The number of benzene rings is 3. The highest BCUT2D eigenvalue weighted by Gasteiger charge is 2.19. The SMILES string of the molecule is Cc1c(Cl)ccc2c(C(=O)OCC(=O)c3ccccc3)cc(-c3ccc(Cl)cc3)nc12. The van der Waals surface area contributed by atoms with Gasteiger partial charge in [0.2, 0.25) is 0 Å². The van der Waals surface area contributed by atoms with E-state index in [1.165, 1.54) is 0 Å². The Morgan fingerprint density at radius 1 is 0.935 bits per heavy atom. The van der Waals surface area contributed by atoms with Crippen LogP contribution in [0.1, 0.15) is 26.3 Å². The predicted molar refractivity (Wildman–Crippen MR) is 123 cm³/mol. The second kappa shape index (κ2) is 8.88. The largest absolute Gasteiger partial charge is 0.454 e. The van der Waals surface area contributed by atoms with E-state index >= 15 is 0 Å². The molecule has 31 heavy (non-hydrogen) atoms. The molecule has 0 radical (unpaired) electrons. The van der Waals surface area contributed by atoms with Gasteiger partial charge in [-0.15, -0.1) is 0 Å². The van der Waals surface area contributed by atoms with Crippen LogP contribution in [0.25, 0.3) is 22.2 Å². The van der Waals surface area contributed by atoms with Crippen LogP contribution in [-0.2, 0) is 4.74 Å². The highest BCUT2D eigenvalue weighted by Crippen LogP contribution is 2.31. The molecule has 4 rings (SSSR count). The van der Waals surface area contributed by atoms with Gasteiger partial charge in [-0.2, -0.15) is 0 Å². The summed E-state index contributed by atoms with van der Waals surface area (Å²) in [5.74, 6) is -0.877. The molecule has 154 valence electrons. The maximum Gasteiger partial charge on any atom is 0.339 e. The minimum atomic E-state index is -0.603. The van der Waals surface area contributed by atoms with Crippen LogP contribution in [0.4, 0.5) is 0 Å². The summed E-state index contributed by atoms with van der Waals surface area (Å²) in [6.07, 6.45) is 0. The summed E-state index contributed by atoms with van der Waals surface area (Å²) in [5.41, 5.74) is 3.52. The molecule has 1 heterocycles. The molecule has 0 saturated carbocycles. The minimum Gasteiger partial charge on any atom is -0.454 e. The van der Waals surface area contributed by atoms with Crippen molar-refractivity contribution in [3.63, 3.8) is 0 Å². The van der Waals surface area contributed by atoms with Crippen LogP contribution in [0.15, 0.2) is 72.8 Å². The van der Waals surface area contributed by atoms with E-state index in [1.807, 2.05) is 25.1 Å². The lowest BCUT2D eigenvalue weighted by atomic mass is 10.0. The summed E-state index contributed by atoms with van der Waals surface area (Å²) in [7, 11) is 0. The number of Topliss-reactive ketones (excluding diaryl/α,β-unsaturated/α-hetero) is 1. The van der Waals surface area contributed by atoms with Crippen LogP contribution in [0, 0.1) is 6.92 Å². The second-order valence-electron chi connectivity index (χ2n) is 7.00. The Morgan fingerprint density at radius 3 is 2.35 bits per heavy atom. The molecule has 1 aromatic heterocycles. The maximum atomic E-state index is 13.0. The first-order chi connectivity index (χ1) is 14.9. The summed E-state index contributed by atoms with van der Waals surface area (Å²) in [6.45, 7) is 1.49. The number of rotatable bonds is 5. The molecule has 0 aliphatic heterocycles. The molecule has 6 heteroatoms. The molecule has 0 spiro atoms. The van der Waals surface area contributed by atoms with E-state index in [2.05, 4.69) is 0 Å². The molecule has 0 amide bonds. The Hall–Kier alpha value is -3.21. The van der Waals surface area contributed by atoms with Gasteiger partial charge >= 0.3 is 5.97 Å². The van der Waals surface area contributed by atoms with Gasteiger partial charge in [0.05, 0.1) is 16.8 Å². The number of halogens is 2.